The normalized spacial score (nSPS) is 21.7. The molecule has 1 atom stereocenters. The molecule has 3 saturated heterocycles. The number of rotatable bonds is 5. The summed E-state index contributed by atoms with van der Waals surface area (Å²) in [5, 5.41) is 18.4. The van der Waals surface area contributed by atoms with E-state index in [-0.39, 0.29) is 6.10 Å². The molecule has 3 fully saturated rings. The number of aliphatic carboxylic acids is 2. The zero-order chi connectivity index (χ0) is 22.2. The predicted molar refractivity (Wildman–Crippen MR) is 115 cm³/mol. The molecule has 31 heavy (non-hydrogen) atoms. The quantitative estimate of drug-likeness (QED) is 0.599. The third-order valence-corrected chi connectivity index (χ3v) is 5.92. The number of ether oxygens (including phenoxy) is 1. The number of carbonyl (C=O) groups is 3. The first-order chi connectivity index (χ1) is 14.9. The lowest BCUT2D eigenvalue weighted by Crippen LogP contribution is -2.52. The molecule has 9 nitrogen and oxygen atoms in total. The molecule has 10 heteroatoms. The Morgan fingerprint density at radius 1 is 1.10 bits per heavy atom. The summed E-state index contributed by atoms with van der Waals surface area (Å²) in [6.07, 6.45) is 2.99. The van der Waals surface area contributed by atoms with Crippen LogP contribution in [0.1, 0.15) is 12.8 Å². The maximum Gasteiger partial charge on any atom is 0.413 e. The number of nitrogens with zero attached hydrogens (tertiary/aromatic N) is 2. The molecule has 1 amide bonds. The van der Waals surface area contributed by atoms with E-state index in [0.29, 0.717) is 23.9 Å². The lowest BCUT2D eigenvalue weighted by Gasteiger charge is -2.43. The van der Waals surface area contributed by atoms with Gasteiger partial charge in [0.25, 0.3) is 0 Å². The maximum absolute atomic E-state index is 12.3. The smallest absolute Gasteiger partial charge is 0.413 e. The molecule has 1 aromatic heterocycles. The van der Waals surface area contributed by atoms with E-state index in [2.05, 4.69) is 15.2 Å². The first kappa shape index (κ1) is 22.4. The Morgan fingerprint density at radius 2 is 1.74 bits per heavy atom. The van der Waals surface area contributed by atoms with Gasteiger partial charge in [0.15, 0.2) is 5.82 Å². The minimum absolute atomic E-state index is 0.0105. The van der Waals surface area contributed by atoms with Crippen LogP contribution in [0.3, 0.4) is 0 Å². The van der Waals surface area contributed by atoms with Gasteiger partial charge in [-0.25, -0.2) is 19.4 Å². The van der Waals surface area contributed by atoms with Crippen LogP contribution >= 0.6 is 11.3 Å². The van der Waals surface area contributed by atoms with Gasteiger partial charge in [-0.3, -0.25) is 10.2 Å². The summed E-state index contributed by atoms with van der Waals surface area (Å²) in [5.74, 6) is -1.43. The van der Waals surface area contributed by atoms with E-state index in [1.165, 1.54) is 11.3 Å². The molecule has 2 aromatic rings. The fourth-order valence-corrected chi connectivity index (χ4v) is 4.33. The van der Waals surface area contributed by atoms with Gasteiger partial charge in [-0.15, -0.1) is 11.3 Å². The fourth-order valence-electron chi connectivity index (χ4n) is 3.58. The summed E-state index contributed by atoms with van der Waals surface area (Å²) in [5.41, 5.74) is 2.79. The molecule has 0 radical (unpaired) electrons. The van der Waals surface area contributed by atoms with E-state index >= 15 is 0 Å². The van der Waals surface area contributed by atoms with Gasteiger partial charge in [0.1, 0.15) is 6.10 Å². The summed E-state index contributed by atoms with van der Waals surface area (Å²) in [4.78, 5) is 39.0. The molecule has 5 rings (SSSR count). The van der Waals surface area contributed by atoms with Crippen molar-refractivity contribution in [2.75, 3.05) is 25.0 Å². The SMILES string of the molecule is O=C(Nc1ncsc1-c1ccccc1)OC1CN2CCC1CC2.O=C(O)/C=C/C(=O)O. The fraction of sp³-hybridized carbons (Fsp3) is 0.333. The third kappa shape index (κ3) is 6.63. The van der Waals surface area contributed by atoms with E-state index < -0.39 is 18.0 Å². The Kier molecular flexibility index (Phi) is 7.74. The van der Waals surface area contributed by atoms with E-state index in [4.69, 9.17) is 14.9 Å². The van der Waals surface area contributed by atoms with Crippen LogP contribution in [-0.4, -0.2) is 63.9 Å². The molecule has 164 valence electrons. The number of nitrogens with one attached hydrogen (secondary N) is 1. The van der Waals surface area contributed by atoms with Crippen LogP contribution in [0.2, 0.25) is 0 Å². The van der Waals surface area contributed by atoms with Crippen LogP contribution in [0.5, 0.6) is 0 Å². The Labute approximate surface area is 183 Å². The van der Waals surface area contributed by atoms with Crippen molar-refractivity contribution >= 4 is 35.2 Å². The highest BCUT2D eigenvalue weighted by Gasteiger charge is 2.36. The lowest BCUT2D eigenvalue weighted by atomic mass is 9.86. The number of anilines is 1. The second kappa shape index (κ2) is 10.7. The van der Waals surface area contributed by atoms with Crippen molar-refractivity contribution in [3.05, 3.63) is 48.0 Å². The summed E-state index contributed by atoms with van der Waals surface area (Å²) in [7, 11) is 0. The molecule has 0 saturated carbocycles. The molecule has 2 bridgehead atoms. The largest absolute Gasteiger partial charge is 0.478 e. The second-order valence-electron chi connectivity index (χ2n) is 7.11. The predicted octanol–water partition coefficient (Wildman–Crippen LogP) is 3.16. The van der Waals surface area contributed by atoms with Gasteiger partial charge in [0.05, 0.1) is 10.4 Å². The highest BCUT2D eigenvalue weighted by molar-refractivity contribution is 7.13. The van der Waals surface area contributed by atoms with Crippen LogP contribution in [0.15, 0.2) is 48.0 Å². The average molecular weight is 445 g/mol. The van der Waals surface area contributed by atoms with Crippen molar-refractivity contribution in [1.29, 1.82) is 0 Å². The van der Waals surface area contributed by atoms with Crippen LogP contribution in [0.4, 0.5) is 10.6 Å². The number of carbonyl (C=O) groups excluding carboxylic acids is 1. The number of piperidine rings is 3. The summed E-state index contributed by atoms with van der Waals surface area (Å²) >= 11 is 1.51. The van der Waals surface area contributed by atoms with Crippen LogP contribution < -0.4 is 5.32 Å². The molecular formula is C21H23N3O6S. The van der Waals surface area contributed by atoms with Crippen molar-refractivity contribution in [2.24, 2.45) is 5.92 Å². The lowest BCUT2D eigenvalue weighted by molar-refractivity contribution is -0.134. The van der Waals surface area contributed by atoms with Gasteiger partial charge < -0.3 is 14.9 Å². The molecule has 0 spiro atoms. The summed E-state index contributed by atoms with van der Waals surface area (Å²) < 4.78 is 5.66. The van der Waals surface area contributed by atoms with Crippen molar-refractivity contribution < 1.29 is 29.3 Å². The van der Waals surface area contributed by atoms with E-state index in [0.717, 1.165) is 42.9 Å². The van der Waals surface area contributed by atoms with Crippen LogP contribution in [0.25, 0.3) is 10.4 Å². The molecule has 1 aromatic carbocycles. The van der Waals surface area contributed by atoms with E-state index in [9.17, 15) is 14.4 Å². The number of amides is 1. The topological polar surface area (TPSA) is 129 Å². The van der Waals surface area contributed by atoms with Gasteiger partial charge in [-0.05, 0) is 37.4 Å². The summed E-state index contributed by atoms with van der Waals surface area (Å²) in [6.45, 7) is 3.13. The standard InChI is InChI=1S/C17H19N3O2S.C4H4O4/c21-17(22-14-10-20-8-6-12(14)7-9-20)19-16-15(23-11-18-16)13-4-2-1-3-5-13;5-3(6)1-2-4(7)8/h1-5,11-12,14H,6-10H2,(H,19,21);1-2H,(H,5,6)(H,7,8)/b;2-1+. The summed E-state index contributed by atoms with van der Waals surface area (Å²) in [6, 6.07) is 9.95. The number of hydrogen-bond acceptors (Lipinski definition) is 7. The van der Waals surface area contributed by atoms with Crippen LogP contribution in [0, 0.1) is 5.92 Å². The number of hydrogen-bond donors (Lipinski definition) is 3. The van der Waals surface area contributed by atoms with Crippen molar-refractivity contribution in [3.8, 4) is 10.4 Å². The van der Waals surface area contributed by atoms with Gasteiger partial charge in [0.2, 0.25) is 0 Å². The molecule has 3 N–H and O–H groups in total. The second-order valence-corrected chi connectivity index (χ2v) is 7.97. The number of thiazole rings is 1. The minimum atomic E-state index is -1.26. The van der Waals surface area contributed by atoms with E-state index in [1.807, 2.05) is 30.3 Å². The van der Waals surface area contributed by atoms with Gasteiger partial charge in [-0.1, -0.05) is 30.3 Å². The maximum atomic E-state index is 12.3. The highest BCUT2D eigenvalue weighted by Crippen LogP contribution is 2.32. The van der Waals surface area contributed by atoms with Crippen molar-refractivity contribution in [1.82, 2.24) is 9.88 Å². The third-order valence-electron chi connectivity index (χ3n) is 5.05. The van der Waals surface area contributed by atoms with Gasteiger partial charge >= 0.3 is 18.0 Å². The Morgan fingerprint density at radius 3 is 2.29 bits per heavy atom. The number of carboxylic acids is 2. The zero-order valence-electron chi connectivity index (χ0n) is 16.6. The molecule has 1 unspecified atom stereocenters. The van der Waals surface area contributed by atoms with E-state index in [1.54, 1.807) is 5.51 Å². The monoisotopic (exact) mass is 445 g/mol. The Bertz CT molecular complexity index is 922. The molecular weight excluding hydrogens is 422 g/mol. The molecule has 0 aliphatic carbocycles. The van der Waals surface area contributed by atoms with Crippen molar-refractivity contribution in [3.63, 3.8) is 0 Å². The first-order valence-corrected chi connectivity index (χ1v) is 10.6. The molecule has 3 aliphatic rings. The molecule has 3 aliphatic heterocycles. The minimum Gasteiger partial charge on any atom is -0.478 e. The van der Waals surface area contributed by atoms with Crippen LogP contribution in [-0.2, 0) is 14.3 Å². The number of benzene rings is 1. The number of carboxylic acid groups (broad SMARTS) is 2. The van der Waals surface area contributed by atoms with Crippen molar-refractivity contribution in [2.45, 2.75) is 18.9 Å². The Balaban J connectivity index is 0.000000293. The highest BCUT2D eigenvalue weighted by atomic mass is 32.1. The first-order valence-electron chi connectivity index (χ1n) is 9.75. The number of fused-ring (bicyclic) bond motifs is 3. The zero-order valence-corrected chi connectivity index (χ0v) is 17.5. The Hall–Kier alpha value is -3.24. The number of aromatic nitrogens is 1. The molecule has 4 heterocycles. The van der Waals surface area contributed by atoms with Gasteiger partial charge in [0, 0.05) is 18.7 Å². The average Bonchev–Trinajstić information content (AvgIpc) is 3.22. The van der Waals surface area contributed by atoms with Gasteiger partial charge in [-0.2, -0.15) is 0 Å².